The molecule has 1 aromatic rings. The smallest absolute Gasteiger partial charge is 0.371 e. The molecule has 0 aromatic heterocycles. The summed E-state index contributed by atoms with van der Waals surface area (Å²) in [5, 5.41) is 3.65. The number of carbonyl (C=O) groups excluding carboxylic acids is 1. The van der Waals surface area contributed by atoms with E-state index in [1.807, 2.05) is 0 Å². The highest BCUT2D eigenvalue weighted by atomic mass is 19.4. The standard InChI is InChI=1S/C11H10F6N2O/c1-5(10(20)18-4-11(15,16)17)19-8-3-6(12)2-7(13)9(8)14/h2-3,5,19H,4H2,1H3,(H,18,20). The first-order valence-corrected chi connectivity index (χ1v) is 5.35. The number of hydrogen-bond donors (Lipinski definition) is 2. The molecule has 0 bridgehead atoms. The minimum Gasteiger partial charge on any atom is -0.371 e. The number of amides is 1. The van der Waals surface area contributed by atoms with Crippen molar-refractivity contribution >= 4 is 11.6 Å². The van der Waals surface area contributed by atoms with Gasteiger partial charge < -0.3 is 10.6 Å². The van der Waals surface area contributed by atoms with Crippen LogP contribution in [0.1, 0.15) is 6.92 Å². The van der Waals surface area contributed by atoms with Crippen molar-refractivity contribution in [1.82, 2.24) is 5.32 Å². The molecule has 0 aliphatic heterocycles. The van der Waals surface area contributed by atoms with E-state index < -0.39 is 47.8 Å². The third-order valence-corrected chi connectivity index (χ3v) is 2.22. The number of carbonyl (C=O) groups is 1. The number of hydrogen-bond acceptors (Lipinski definition) is 2. The van der Waals surface area contributed by atoms with Crippen molar-refractivity contribution in [2.24, 2.45) is 0 Å². The molecular formula is C11H10F6N2O. The molecule has 1 amide bonds. The van der Waals surface area contributed by atoms with Gasteiger partial charge in [0.25, 0.3) is 0 Å². The Kier molecular flexibility index (Phi) is 4.85. The molecule has 0 spiro atoms. The van der Waals surface area contributed by atoms with Gasteiger partial charge in [-0.2, -0.15) is 13.2 Å². The first-order chi connectivity index (χ1) is 9.10. The zero-order valence-electron chi connectivity index (χ0n) is 10.1. The lowest BCUT2D eigenvalue weighted by atomic mass is 10.2. The van der Waals surface area contributed by atoms with Crippen LogP contribution in [0.2, 0.25) is 0 Å². The molecule has 0 saturated carbocycles. The van der Waals surface area contributed by atoms with Crippen molar-refractivity contribution in [2.45, 2.75) is 19.1 Å². The first-order valence-electron chi connectivity index (χ1n) is 5.35. The summed E-state index contributed by atoms with van der Waals surface area (Å²) in [6.45, 7) is -0.439. The molecule has 0 aliphatic rings. The number of benzene rings is 1. The van der Waals surface area contributed by atoms with Crippen LogP contribution in [0.25, 0.3) is 0 Å². The molecule has 1 atom stereocenters. The highest BCUT2D eigenvalue weighted by Gasteiger charge is 2.29. The Morgan fingerprint density at radius 1 is 1.25 bits per heavy atom. The molecule has 0 radical (unpaired) electrons. The van der Waals surface area contributed by atoms with Crippen LogP contribution in [0.4, 0.5) is 32.0 Å². The minimum absolute atomic E-state index is 0.300. The summed E-state index contributed by atoms with van der Waals surface area (Å²) in [6, 6.07) is -0.422. The molecule has 1 unspecified atom stereocenters. The molecular weight excluding hydrogens is 290 g/mol. The molecule has 112 valence electrons. The molecule has 0 aliphatic carbocycles. The summed E-state index contributed by atoms with van der Waals surface area (Å²) in [4.78, 5) is 11.3. The second-order valence-electron chi connectivity index (χ2n) is 3.95. The molecule has 3 nitrogen and oxygen atoms in total. The van der Waals surface area contributed by atoms with Gasteiger partial charge in [-0.3, -0.25) is 4.79 Å². The fraction of sp³-hybridized carbons (Fsp3) is 0.364. The lowest BCUT2D eigenvalue weighted by Crippen LogP contribution is -2.42. The van der Waals surface area contributed by atoms with Crippen LogP contribution >= 0.6 is 0 Å². The van der Waals surface area contributed by atoms with Gasteiger partial charge in [0.05, 0.1) is 5.69 Å². The van der Waals surface area contributed by atoms with Gasteiger partial charge in [-0.1, -0.05) is 0 Å². The van der Waals surface area contributed by atoms with Gasteiger partial charge in [0.15, 0.2) is 11.6 Å². The topological polar surface area (TPSA) is 41.1 Å². The van der Waals surface area contributed by atoms with E-state index in [4.69, 9.17) is 0 Å². The third-order valence-electron chi connectivity index (χ3n) is 2.22. The van der Waals surface area contributed by atoms with Crippen LogP contribution in [0.5, 0.6) is 0 Å². The second-order valence-corrected chi connectivity index (χ2v) is 3.95. The van der Waals surface area contributed by atoms with Crippen molar-refractivity contribution in [1.29, 1.82) is 0 Å². The fourth-order valence-corrected chi connectivity index (χ4v) is 1.30. The SMILES string of the molecule is CC(Nc1cc(F)cc(F)c1F)C(=O)NCC(F)(F)F. The van der Waals surface area contributed by atoms with Gasteiger partial charge in [-0.05, 0) is 6.92 Å². The van der Waals surface area contributed by atoms with Crippen molar-refractivity contribution in [2.75, 3.05) is 11.9 Å². The van der Waals surface area contributed by atoms with Crippen LogP contribution in [0.3, 0.4) is 0 Å². The van der Waals surface area contributed by atoms with E-state index in [0.717, 1.165) is 6.92 Å². The van der Waals surface area contributed by atoms with Crippen LogP contribution in [-0.4, -0.2) is 24.7 Å². The lowest BCUT2D eigenvalue weighted by molar-refractivity contribution is -0.138. The molecule has 9 heteroatoms. The van der Waals surface area contributed by atoms with Crippen LogP contribution in [-0.2, 0) is 4.79 Å². The average molecular weight is 300 g/mol. The highest BCUT2D eigenvalue weighted by Crippen LogP contribution is 2.20. The van der Waals surface area contributed by atoms with E-state index in [2.05, 4.69) is 5.32 Å². The minimum atomic E-state index is -4.59. The summed E-state index contributed by atoms with van der Waals surface area (Å²) in [5.41, 5.74) is -0.655. The molecule has 0 saturated heterocycles. The molecule has 20 heavy (non-hydrogen) atoms. The highest BCUT2D eigenvalue weighted by molar-refractivity contribution is 5.84. The first kappa shape index (κ1) is 16.1. The Morgan fingerprint density at radius 3 is 2.40 bits per heavy atom. The molecule has 0 heterocycles. The Balaban J connectivity index is 2.71. The predicted octanol–water partition coefficient (Wildman–Crippen LogP) is 2.58. The predicted molar refractivity (Wildman–Crippen MR) is 58.5 cm³/mol. The van der Waals surface area contributed by atoms with Gasteiger partial charge in [0.2, 0.25) is 5.91 Å². The molecule has 1 rings (SSSR count). The summed E-state index contributed by atoms with van der Waals surface area (Å²) < 4.78 is 74.7. The van der Waals surface area contributed by atoms with Gasteiger partial charge in [0.1, 0.15) is 18.4 Å². The number of rotatable bonds is 4. The van der Waals surface area contributed by atoms with Gasteiger partial charge in [0, 0.05) is 12.1 Å². The summed E-state index contributed by atoms with van der Waals surface area (Å²) in [7, 11) is 0. The Hall–Kier alpha value is -1.93. The maximum Gasteiger partial charge on any atom is 0.405 e. The summed E-state index contributed by atoms with van der Waals surface area (Å²) in [6.07, 6.45) is -4.59. The fourth-order valence-electron chi connectivity index (χ4n) is 1.30. The van der Waals surface area contributed by atoms with E-state index in [1.54, 1.807) is 5.32 Å². The Morgan fingerprint density at radius 2 is 1.85 bits per heavy atom. The molecule has 1 aromatic carbocycles. The normalized spacial score (nSPS) is 12.9. The third kappa shape index (κ3) is 4.63. The summed E-state index contributed by atoms with van der Waals surface area (Å²) in [5.74, 6) is -5.09. The largest absolute Gasteiger partial charge is 0.405 e. The van der Waals surface area contributed by atoms with E-state index >= 15 is 0 Å². The van der Waals surface area contributed by atoms with Gasteiger partial charge in [-0.15, -0.1) is 0 Å². The monoisotopic (exact) mass is 300 g/mol. The number of anilines is 1. The van der Waals surface area contributed by atoms with E-state index in [9.17, 15) is 31.1 Å². The van der Waals surface area contributed by atoms with Crippen LogP contribution < -0.4 is 10.6 Å². The quantitative estimate of drug-likeness (QED) is 0.663. The van der Waals surface area contributed by atoms with Crippen LogP contribution in [0.15, 0.2) is 12.1 Å². The van der Waals surface area contributed by atoms with Gasteiger partial charge >= 0.3 is 6.18 Å². The second kappa shape index (κ2) is 6.02. The van der Waals surface area contributed by atoms with Crippen LogP contribution in [0, 0.1) is 17.5 Å². The molecule has 2 N–H and O–H groups in total. The van der Waals surface area contributed by atoms with Crippen molar-refractivity contribution in [3.05, 3.63) is 29.6 Å². The number of nitrogens with one attached hydrogen (secondary N) is 2. The van der Waals surface area contributed by atoms with E-state index in [0.29, 0.717) is 12.1 Å². The summed E-state index contributed by atoms with van der Waals surface area (Å²) >= 11 is 0. The van der Waals surface area contributed by atoms with Crippen molar-refractivity contribution < 1.29 is 31.1 Å². The Labute approximate surface area is 110 Å². The van der Waals surface area contributed by atoms with Gasteiger partial charge in [-0.25, -0.2) is 13.2 Å². The van der Waals surface area contributed by atoms with Crippen molar-refractivity contribution in [3.63, 3.8) is 0 Å². The average Bonchev–Trinajstić information content (AvgIpc) is 2.31. The maximum absolute atomic E-state index is 13.3. The number of alkyl halides is 3. The Bertz CT molecular complexity index is 502. The zero-order chi connectivity index (χ0) is 15.5. The van der Waals surface area contributed by atoms with Crippen molar-refractivity contribution in [3.8, 4) is 0 Å². The maximum atomic E-state index is 13.3. The molecule has 0 fully saturated rings. The number of halogens is 6. The zero-order valence-corrected chi connectivity index (χ0v) is 10.1. The lowest BCUT2D eigenvalue weighted by Gasteiger charge is -2.16. The van der Waals surface area contributed by atoms with E-state index in [1.165, 1.54) is 0 Å². The van der Waals surface area contributed by atoms with E-state index in [-0.39, 0.29) is 0 Å².